The average Bonchev–Trinajstić information content (AvgIpc) is 1.98. The number of hydrogen-bond acceptors (Lipinski definition) is 4. The second-order valence-corrected chi connectivity index (χ2v) is 6.39. The molecule has 1 unspecified atom stereocenters. The zero-order valence-corrected chi connectivity index (χ0v) is 9.93. The third-order valence-corrected chi connectivity index (χ3v) is 3.65. The Balaban J connectivity index is 2.23. The molecule has 0 aromatic carbocycles. The molecule has 88 valence electrons. The van der Waals surface area contributed by atoms with Crippen LogP contribution < -0.4 is 10.6 Å². The molecule has 1 saturated heterocycles. The van der Waals surface area contributed by atoms with Crippen LogP contribution in [0, 0.1) is 11.8 Å². The van der Waals surface area contributed by atoms with Crippen molar-refractivity contribution >= 4 is 15.7 Å². The second kappa shape index (κ2) is 4.94. The lowest BCUT2D eigenvalue weighted by Gasteiger charge is -2.31. The summed E-state index contributed by atoms with van der Waals surface area (Å²) in [5.41, 5.74) is 0. The van der Waals surface area contributed by atoms with Crippen molar-refractivity contribution in [1.29, 1.82) is 0 Å². The molecular weight excluding hydrogens is 216 g/mol. The zero-order chi connectivity index (χ0) is 11.5. The maximum atomic E-state index is 11.5. The van der Waals surface area contributed by atoms with Gasteiger partial charge in [-0.1, -0.05) is 6.92 Å². The van der Waals surface area contributed by atoms with E-state index in [-0.39, 0.29) is 24.1 Å². The molecule has 1 amide bonds. The highest BCUT2D eigenvalue weighted by atomic mass is 32.2. The monoisotopic (exact) mass is 234 g/mol. The van der Waals surface area contributed by atoms with Crippen LogP contribution in [-0.2, 0) is 14.6 Å². The Morgan fingerprint density at radius 2 is 2.13 bits per heavy atom. The molecule has 0 radical (unpaired) electrons. The summed E-state index contributed by atoms with van der Waals surface area (Å²) in [4.78, 5) is 11.5. The number of hydrogen-bond donors (Lipinski definition) is 2. The van der Waals surface area contributed by atoms with Gasteiger partial charge < -0.3 is 10.6 Å². The Hall–Kier alpha value is -0.620. The van der Waals surface area contributed by atoms with E-state index in [4.69, 9.17) is 0 Å². The van der Waals surface area contributed by atoms with Crippen molar-refractivity contribution in [1.82, 2.24) is 10.6 Å². The van der Waals surface area contributed by atoms with Crippen molar-refractivity contribution < 1.29 is 13.2 Å². The van der Waals surface area contributed by atoms with Gasteiger partial charge in [0.25, 0.3) is 0 Å². The van der Waals surface area contributed by atoms with Crippen molar-refractivity contribution in [2.75, 3.05) is 31.6 Å². The maximum Gasteiger partial charge on any atom is 0.223 e. The van der Waals surface area contributed by atoms with Crippen LogP contribution in [0.3, 0.4) is 0 Å². The minimum atomic E-state index is -2.98. The molecule has 0 bridgehead atoms. The van der Waals surface area contributed by atoms with Gasteiger partial charge in [-0.25, -0.2) is 8.42 Å². The van der Waals surface area contributed by atoms with Crippen LogP contribution in [0.25, 0.3) is 0 Å². The summed E-state index contributed by atoms with van der Waals surface area (Å²) in [7, 11) is -2.98. The third kappa shape index (κ3) is 4.17. The molecule has 0 saturated carbocycles. The van der Waals surface area contributed by atoms with Crippen LogP contribution in [-0.4, -0.2) is 46.0 Å². The topological polar surface area (TPSA) is 75.3 Å². The van der Waals surface area contributed by atoms with Gasteiger partial charge in [-0.15, -0.1) is 0 Å². The number of nitrogens with one attached hydrogen (secondary N) is 2. The molecule has 1 atom stereocenters. The summed E-state index contributed by atoms with van der Waals surface area (Å²) < 4.78 is 21.6. The van der Waals surface area contributed by atoms with Gasteiger partial charge in [0.05, 0.1) is 5.75 Å². The van der Waals surface area contributed by atoms with Crippen molar-refractivity contribution in [3.63, 3.8) is 0 Å². The van der Waals surface area contributed by atoms with Crippen LogP contribution in [0.15, 0.2) is 0 Å². The Labute approximate surface area is 90.5 Å². The molecule has 5 nitrogen and oxygen atoms in total. The van der Waals surface area contributed by atoms with E-state index in [2.05, 4.69) is 10.6 Å². The maximum absolute atomic E-state index is 11.5. The Kier molecular flexibility index (Phi) is 4.10. The van der Waals surface area contributed by atoms with E-state index in [0.29, 0.717) is 5.92 Å². The first kappa shape index (κ1) is 12.4. The lowest BCUT2D eigenvalue weighted by atomic mass is 9.88. The van der Waals surface area contributed by atoms with Gasteiger partial charge in [0, 0.05) is 18.7 Å². The largest absolute Gasteiger partial charge is 0.355 e. The second-order valence-electron chi connectivity index (χ2n) is 4.13. The van der Waals surface area contributed by atoms with Gasteiger partial charge in [-0.2, -0.15) is 0 Å². The molecule has 1 heterocycles. The van der Waals surface area contributed by atoms with E-state index in [1.807, 2.05) is 6.92 Å². The third-order valence-electron chi connectivity index (χ3n) is 2.71. The fraction of sp³-hybridized carbons (Fsp3) is 0.889. The molecule has 0 aliphatic carbocycles. The molecule has 0 aromatic rings. The minimum absolute atomic E-state index is 0.00831. The highest BCUT2D eigenvalue weighted by molar-refractivity contribution is 7.90. The van der Waals surface area contributed by atoms with Gasteiger partial charge in [0.2, 0.25) is 5.91 Å². The predicted molar refractivity (Wildman–Crippen MR) is 58.2 cm³/mol. The minimum Gasteiger partial charge on any atom is -0.355 e. The normalized spacial score (nSPS) is 19.3. The molecule has 6 heteroatoms. The summed E-state index contributed by atoms with van der Waals surface area (Å²) in [5.74, 6) is 0.313. The first-order chi connectivity index (χ1) is 6.90. The molecule has 1 aliphatic rings. The first-order valence-electron chi connectivity index (χ1n) is 5.06. The number of amides is 1. The van der Waals surface area contributed by atoms with E-state index >= 15 is 0 Å². The number of rotatable bonds is 5. The van der Waals surface area contributed by atoms with E-state index in [1.165, 1.54) is 6.26 Å². The standard InChI is InChI=1S/C9H18N2O3S/c1-7(8-5-10-6-8)9(12)11-3-4-15(2,13)14/h7-8,10H,3-6H2,1-2H3,(H,11,12). The molecule has 15 heavy (non-hydrogen) atoms. The zero-order valence-electron chi connectivity index (χ0n) is 9.12. The van der Waals surface area contributed by atoms with Gasteiger partial charge >= 0.3 is 0 Å². The smallest absolute Gasteiger partial charge is 0.223 e. The molecule has 1 fully saturated rings. The fourth-order valence-corrected chi connectivity index (χ4v) is 1.87. The van der Waals surface area contributed by atoms with Crippen molar-refractivity contribution in [3.8, 4) is 0 Å². The first-order valence-corrected chi connectivity index (χ1v) is 7.12. The molecular formula is C9H18N2O3S. The summed E-state index contributed by atoms with van der Waals surface area (Å²) >= 11 is 0. The summed E-state index contributed by atoms with van der Waals surface area (Å²) in [6, 6.07) is 0. The van der Waals surface area contributed by atoms with E-state index < -0.39 is 9.84 Å². The van der Waals surface area contributed by atoms with Gasteiger partial charge in [0.1, 0.15) is 9.84 Å². The molecule has 1 aliphatic heterocycles. The van der Waals surface area contributed by atoms with Crippen molar-refractivity contribution in [2.24, 2.45) is 11.8 Å². The fourth-order valence-electron chi connectivity index (χ4n) is 1.40. The molecule has 0 aromatic heterocycles. The average molecular weight is 234 g/mol. The number of sulfone groups is 1. The van der Waals surface area contributed by atoms with Gasteiger partial charge in [0.15, 0.2) is 0 Å². The number of carbonyl (C=O) groups excluding carboxylic acids is 1. The van der Waals surface area contributed by atoms with Crippen molar-refractivity contribution in [2.45, 2.75) is 6.92 Å². The highest BCUT2D eigenvalue weighted by Crippen LogP contribution is 2.15. The highest BCUT2D eigenvalue weighted by Gasteiger charge is 2.28. The molecule has 0 spiro atoms. The van der Waals surface area contributed by atoms with Crippen LogP contribution in [0.1, 0.15) is 6.92 Å². The van der Waals surface area contributed by atoms with E-state index in [1.54, 1.807) is 0 Å². The number of carbonyl (C=O) groups is 1. The predicted octanol–water partition coefficient (Wildman–Crippen LogP) is -0.997. The van der Waals surface area contributed by atoms with Crippen LogP contribution >= 0.6 is 0 Å². The Morgan fingerprint density at radius 3 is 2.53 bits per heavy atom. The molecule has 2 N–H and O–H groups in total. The van der Waals surface area contributed by atoms with Gasteiger partial charge in [-0.05, 0) is 19.0 Å². The van der Waals surface area contributed by atoms with Crippen LogP contribution in [0.2, 0.25) is 0 Å². The van der Waals surface area contributed by atoms with E-state index in [0.717, 1.165) is 13.1 Å². The quantitative estimate of drug-likeness (QED) is 0.640. The lowest BCUT2D eigenvalue weighted by molar-refractivity contribution is -0.126. The molecule has 1 rings (SSSR count). The summed E-state index contributed by atoms with van der Waals surface area (Å²) in [6.07, 6.45) is 1.17. The Morgan fingerprint density at radius 1 is 1.53 bits per heavy atom. The summed E-state index contributed by atoms with van der Waals surface area (Å²) in [6.45, 7) is 3.84. The summed E-state index contributed by atoms with van der Waals surface area (Å²) in [5, 5.41) is 5.74. The van der Waals surface area contributed by atoms with Crippen molar-refractivity contribution in [3.05, 3.63) is 0 Å². The SMILES string of the molecule is CC(C(=O)NCCS(C)(=O)=O)C1CNC1. The van der Waals surface area contributed by atoms with Crippen LogP contribution in [0.5, 0.6) is 0 Å². The van der Waals surface area contributed by atoms with Crippen LogP contribution in [0.4, 0.5) is 0 Å². The Bertz CT molecular complexity index is 322. The van der Waals surface area contributed by atoms with E-state index in [9.17, 15) is 13.2 Å². The van der Waals surface area contributed by atoms with Gasteiger partial charge in [-0.3, -0.25) is 4.79 Å². The lowest BCUT2D eigenvalue weighted by Crippen LogP contribution is -2.50.